The maximum absolute atomic E-state index is 12.1. The fraction of sp³-hybridized carbons (Fsp3) is 0.412. The molecule has 0 aliphatic rings. The SMILES string of the molecule is CCCC(=O)Nc1ncc(/C=C/C(=O)OCC)cc1C(=O)OCC. The molecule has 0 radical (unpaired) electrons. The Balaban J connectivity index is 3.06. The van der Waals surface area contributed by atoms with Gasteiger partial charge in [-0.1, -0.05) is 6.92 Å². The molecule has 1 amide bonds. The van der Waals surface area contributed by atoms with E-state index >= 15 is 0 Å². The van der Waals surface area contributed by atoms with Crippen LogP contribution in [0, 0.1) is 0 Å². The third-order valence-corrected chi connectivity index (χ3v) is 2.84. The second kappa shape index (κ2) is 10.1. The summed E-state index contributed by atoms with van der Waals surface area (Å²) in [5, 5.41) is 2.60. The molecule has 130 valence electrons. The number of pyridine rings is 1. The molecule has 1 N–H and O–H groups in total. The van der Waals surface area contributed by atoms with Gasteiger partial charge in [0.1, 0.15) is 11.4 Å². The highest BCUT2D eigenvalue weighted by molar-refractivity contribution is 6.00. The van der Waals surface area contributed by atoms with E-state index in [4.69, 9.17) is 9.47 Å². The van der Waals surface area contributed by atoms with Crippen LogP contribution in [0.2, 0.25) is 0 Å². The van der Waals surface area contributed by atoms with Crippen LogP contribution in [0.5, 0.6) is 0 Å². The van der Waals surface area contributed by atoms with Gasteiger partial charge in [-0.3, -0.25) is 4.79 Å². The van der Waals surface area contributed by atoms with Crippen LogP contribution in [0.15, 0.2) is 18.3 Å². The Morgan fingerprint density at radius 1 is 1.17 bits per heavy atom. The molecule has 0 aliphatic heterocycles. The summed E-state index contributed by atoms with van der Waals surface area (Å²) in [7, 11) is 0. The fourth-order valence-corrected chi connectivity index (χ4v) is 1.81. The van der Waals surface area contributed by atoms with Crippen molar-refractivity contribution in [2.45, 2.75) is 33.6 Å². The van der Waals surface area contributed by atoms with Crippen molar-refractivity contribution in [1.82, 2.24) is 4.98 Å². The number of esters is 2. The highest BCUT2D eigenvalue weighted by Crippen LogP contribution is 2.17. The number of rotatable bonds is 8. The van der Waals surface area contributed by atoms with Gasteiger partial charge in [0.25, 0.3) is 0 Å². The number of ether oxygens (including phenoxy) is 2. The molecule has 1 rings (SSSR count). The van der Waals surface area contributed by atoms with Crippen molar-refractivity contribution < 1.29 is 23.9 Å². The third kappa shape index (κ3) is 6.20. The van der Waals surface area contributed by atoms with Gasteiger partial charge >= 0.3 is 11.9 Å². The van der Waals surface area contributed by atoms with Gasteiger partial charge in [-0.25, -0.2) is 14.6 Å². The number of nitrogens with zero attached hydrogens (tertiary/aromatic N) is 1. The molecule has 7 nitrogen and oxygen atoms in total. The van der Waals surface area contributed by atoms with E-state index in [1.807, 2.05) is 6.92 Å². The minimum Gasteiger partial charge on any atom is -0.463 e. The predicted molar refractivity (Wildman–Crippen MR) is 89.4 cm³/mol. The first kappa shape index (κ1) is 19.3. The van der Waals surface area contributed by atoms with Crippen LogP contribution in [-0.2, 0) is 19.1 Å². The molecular weight excluding hydrogens is 312 g/mol. The largest absolute Gasteiger partial charge is 0.463 e. The summed E-state index contributed by atoms with van der Waals surface area (Å²) in [5.74, 6) is -1.18. The van der Waals surface area contributed by atoms with Crippen LogP contribution in [0.1, 0.15) is 49.5 Å². The number of hydrogen-bond acceptors (Lipinski definition) is 6. The normalized spacial score (nSPS) is 10.5. The number of hydrogen-bond donors (Lipinski definition) is 1. The number of anilines is 1. The molecule has 1 heterocycles. The first-order valence-corrected chi connectivity index (χ1v) is 7.83. The number of amides is 1. The highest BCUT2D eigenvalue weighted by Gasteiger charge is 2.16. The molecule has 7 heteroatoms. The van der Waals surface area contributed by atoms with Crippen molar-refractivity contribution in [3.63, 3.8) is 0 Å². The molecule has 0 aliphatic carbocycles. The smallest absolute Gasteiger partial charge is 0.341 e. The summed E-state index contributed by atoms with van der Waals surface area (Å²) >= 11 is 0. The average molecular weight is 334 g/mol. The van der Waals surface area contributed by atoms with E-state index in [-0.39, 0.29) is 30.5 Å². The summed E-state index contributed by atoms with van der Waals surface area (Å²) in [4.78, 5) is 39.2. The topological polar surface area (TPSA) is 94.6 Å². The van der Waals surface area contributed by atoms with Gasteiger partial charge in [-0.15, -0.1) is 0 Å². The molecule has 1 aromatic rings. The Morgan fingerprint density at radius 2 is 1.88 bits per heavy atom. The van der Waals surface area contributed by atoms with Crippen molar-refractivity contribution >= 4 is 29.7 Å². The highest BCUT2D eigenvalue weighted by atomic mass is 16.5. The second-order valence-corrected chi connectivity index (χ2v) is 4.77. The number of aromatic nitrogens is 1. The van der Waals surface area contributed by atoms with Crippen LogP contribution >= 0.6 is 0 Å². The van der Waals surface area contributed by atoms with E-state index in [1.54, 1.807) is 13.8 Å². The van der Waals surface area contributed by atoms with Crippen LogP contribution in [-0.4, -0.2) is 36.0 Å². The molecule has 0 atom stereocenters. The lowest BCUT2D eigenvalue weighted by Crippen LogP contribution is -2.16. The monoisotopic (exact) mass is 334 g/mol. The molecule has 0 saturated carbocycles. The van der Waals surface area contributed by atoms with Crippen molar-refractivity contribution in [2.75, 3.05) is 18.5 Å². The first-order valence-electron chi connectivity index (χ1n) is 7.83. The molecule has 0 spiro atoms. The summed E-state index contributed by atoms with van der Waals surface area (Å²) in [6, 6.07) is 1.50. The molecular formula is C17H22N2O5. The number of carbonyl (C=O) groups excluding carboxylic acids is 3. The van der Waals surface area contributed by atoms with Crippen LogP contribution in [0.3, 0.4) is 0 Å². The lowest BCUT2D eigenvalue weighted by molar-refractivity contribution is -0.137. The minimum atomic E-state index is -0.594. The van der Waals surface area contributed by atoms with Crippen molar-refractivity contribution in [2.24, 2.45) is 0 Å². The number of nitrogens with one attached hydrogen (secondary N) is 1. The maximum atomic E-state index is 12.1. The zero-order chi connectivity index (χ0) is 17.9. The van der Waals surface area contributed by atoms with Gasteiger partial charge in [0.15, 0.2) is 0 Å². The Kier molecular flexibility index (Phi) is 8.18. The van der Waals surface area contributed by atoms with E-state index in [0.29, 0.717) is 18.4 Å². The van der Waals surface area contributed by atoms with Crippen molar-refractivity contribution in [3.05, 3.63) is 29.5 Å². The quantitative estimate of drug-likeness (QED) is 0.580. The Bertz CT molecular complexity index is 625. The molecule has 0 unspecified atom stereocenters. The molecule has 0 aromatic carbocycles. The summed E-state index contributed by atoms with van der Waals surface area (Å²) in [5.41, 5.74) is 0.645. The fourth-order valence-electron chi connectivity index (χ4n) is 1.81. The van der Waals surface area contributed by atoms with Crippen molar-refractivity contribution in [3.8, 4) is 0 Å². The van der Waals surface area contributed by atoms with E-state index in [9.17, 15) is 14.4 Å². The summed E-state index contributed by atoms with van der Waals surface area (Å²) in [6.07, 6.45) is 5.17. The van der Waals surface area contributed by atoms with E-state index < -0.39 is 11.9 Å². The summed E-state index contributed by atoms with van der Waals surface area (Å²) < 4.78 is 9.77. The van der Waals surface area contributed by atoms with Gasteiger partial charge in [0.05, 0.1) is 13.2 Å². The molecule has 0 bridgehead atoms. The Hall–Kier alpha value is -2.70. The van der Waals surface area contributed by atoms with Crippen LogP contribution < -0.4 is 5.32 Å². The summed E-state index contributed by atoms with van der Waals surface area (Å²) in [6.45, 7) is 5.75. The van der Waals surface area contributed by atoms with E-state index in [0.717, 1.165) is 0 Å². The average Bonchev–Trinajstić information content (AvgIpc) is 2.54. The van der Waals surface area contributed by atoms with Crippen LogP contribution in [0.25, 0.3) is 6.08 Å². The first-order chi connectivity index (χ1) is 11.5. The Labute approximate surface area is 141 Å². The molecule has 0 saturated heterocycles. The van der Waals surface area contributed by atoms with E-state index in [1.165, 1.54) is 24.4 Å². The Morgan fingerprint density at radius 3 is 2.50 bits per heavy atom. The lowest BCUT2D eigenvalue weighted by atomic mass is 10.1. The minimum absolute atomic E-state index is 0.132. The molecule has 24 heavy (non-hydrogen) atoms. The van der Waals surface area contributed by atoms with E-state index in [2.05, 4.69) is 10.3 Å². The van der Waals surface area contributed by atoms with Gasteiger partial charge in [0.2, 0.25) is 5.91 Å². The van der Waals surface area contributed by atoms with Gasteiger partial charge < -0.3 is 14.8 Å². The molecule has 0 fully saturated rings. The van der Waals surface area contributed by atoms with Crippen molar-refractivity contribution in [1.29, 1.82) is 0 Å². The number of carbonyl (C=O) groups is 3. The van der Waals surface area contributed by atoms with Gasteiger partial charge in [0, 0.05) is 18.7 Å². The maximum Gasteiger partial charge on any atom is 0.341 e. The third-order valence-electron chi connectivity index (χ3n) is 2.84. The van der Waals surface area contributed by atoms with Gasteiger partial charge in [-0.05, 0) is 38.0 Å². The van der Waals surface area contributed by atoms with Crippen LogP contribution in [0.4, 0.5) is 5.82 Å². The van der Waals surface area contributed by atoms with Gasteiger partial charge in [-0.2, -0.15) is 0 Å². The lowest BCUT2D eigenvalue weighted by Gasteiger charge is -2.10. The standard InChI is InChI=1S/C17H22N2O5/c1-4-7-14(20)19-16-13(17(22)24-6-3)10-12(11-18-16)8-9-15(21)23-5-2/h8-11H,4-7H2,1-3H3,(H,18,19,20)/b9-8+. The predicted octanol–water partition coefficient (Wildman–Crippen LogP) is 2.57. The zero-order valence-electron chi connectivity index (χ0n) is 14.1. The zero-order valence-corrected chi connectivity index (χ0v) is 14.1. The molecule has 1 aromatic heterocycles. The second-order valence-electron chi connectivity index (χ2n) is 4.77.